The lowest BCUT2D eigenvalue weighted by Gasteiger charge is -2.33. The molecule has 4 rings (SSSR count). The maximum absolute atomic E-state index is 13.2. The van der Waals surface area contributed by atoms with Gasteiger partial charge in [0.15, 0.2) is 0 Å². The van der Waals surface area contributed by atoms with Gasteiger partial charge in [-0.1, -0.05) is 60.7 Å². The van der Waals surface area contributed by atoms with E-state index in [4.69, 9.17) is 0 Å². The number of carbonyl (C=O) groups excluding carboxylic acids is 1. The van der Waals surface area contributed by atoms with Crippen molar-refractivity contribution >= 4 is 43.2 Å². The highest BCUT2D eigenvalue weighted by Gasteiger charge is 2.29. The predicted octanol–water partition coefficient (Wildman–Crippen LogP) is 4.18. The molecule has 0 spiro atoms. The molecule has 3 aromatic rings. The van der Waals surface area contributed by atoms with Gasteiger partial charge in [0, 0.05) is 25.7 Å². The van der Waals surface area contributed by atoms with E-state index in [2.05, 4.69) is 43.0 Å². The zero-order valence-corrected chi connectivity index (χ0v) is 21.9. The molecule has 1 fully saturated rings. The number of hydrogen-bond acceptors (Lipinski definition) is 5. The number of sulfonamides is 1. The minimum Gasteiger partial charge on any atom is -0.352 e. The number of nitrogens with zero attached hydrogens (tertiary/aromatic N) is 1. The predicted molar refractivity (Wildman–Crippen MR) is 139 cm³/mol. The van der Waals surface area contributed by atoms with Gasteiger partial charge in [-0.2, -0.15) is 4.72 Å². The third-order valence-electron chi connectivity index (χ3n) is 5.89. The lowest BCUT2D eigenvalue weighted by atomic mass is 10.0. The number of likely N-dealkylation sites (tertiary alicyclic amines) is 1. The van der Waals surface area contributed by atoms with Gasteiger partial charge in [0.25, 0.3) is 10.0 Å². The van der Waals surface area contributed by atoms with Gasteiger partial charge in [-0.25, -0.2) is 8.42 Å². The average molecular weight is 563 g/mol. The van der Waals surface area contributed by atoms with Crippen LogP contribution in [-0.4, -0.2) is 44.4 Å². The molecular formula is C25H28BrN3O3S2. The highest BCUT2D eigenvalue weighted by Crippen LogP contribution is 2.26. The number of thiophene rings is 1. The molecule has 0 radical (unpaired) electrons. The standard InChI is InChI=1S/C25H28BrN3O3S2/c26-23-11-12-24(33-23)34(31,32)28-22(17-19-7-3-1-4-8-19)25(30)27-21-13-15-29(16-14-21)18-20-9-5-2-6-10-20/h1-12,21-22,28H,13-18H2,(H,27,30)/t22-/m1/s1. The van der Waals surface area contributed by atoms with Gasteiger partial charge >= 0.3 is 0 Å². The summed E-state index contributed by atoms with van der Waals surface area (Å²) < 4.78 is 29.4. The van der Waals surface area contributed by atoms with Crippen LogP contribution in [0.2, 0.25) is 0 Å². The summed E-state index contributed by atoms with van der Waals surface area (Å²) >= 11 is 4.43. The van der Waals surface area contributed by atoms with E-state index in [1.165, 1.54) is 11.6 Å². The van der Waals surface area contributed by atoms with Gasteiger partial charge in [0.1, 0.15) is 10.3 Å². The van der Waals surface area contributed by atoms with Crippen molar-refractivity contribution in [2.75, 3.05) is 13.1 Å². The van der Waals surface area contributed by atoms with Gasteiger partial charge in [-0.05, 0) is 58.5 Å². The molecule has 1 amide bonds. The monoisotopic (exact) mass is 561 g/mol. The Hall–Kier alpha value is -2.04. The second-order valence-electron chi connectivity index (χ2n) is 8.47. The quantitative estimate of drug-likeness (QED) is 0.410. The lowest BCUT2D eigenvalue weighted by molar-refractivity contribution is -0.123. The maximum Gasteiger partial charge on any atom is 0.250 e. The number of benzene rings is 2. The molecule has 0 bridgehead atoms. The normalized spacial score (nSPS) is 16.3. The van der Waals surface area contributed by atoms with Gasteiger partial charge in [-0.15, -0.1) is 11.3 Å². The van der Waals surface area contributed by atoms with E-state index in [1.54, 1.807) is 6.07 Å². The molecule has 34 heavy (non-hydrogen) atoms. The summed E-state index contributed by atoms with van der Waals surface area (Å²) in [6, 6.07) is 22.2. The van der Waals surface area contributed by atoms with Crippen molar-refractivity contribution in [3.63, 3.8) is 0 Å². The molecule has 9 heteroatoms. The van der Waals surface area contributed by atoms with Crippen LogP contribution < -0.4 is 10.0 Å². The topological polar surface area (TPSA) is 78.5 Å². The minimum atomic E-state index is -3.82. The fourth-order valence-corrected chi connectivity index (χ4v) is 7.33. The summed E-state index contributed by atoms with van der Waals surface area (Å²) in [6.07, 6.45) is 1.95. The van der Waals surface area contributed by atoms with Crippen LogP contribution in [0.4, 0.5) is 0 Å². The number of rotatable bonds is 9. The van der Waals surface area contributed by atoms with Crippen molar-refractivity contribution in [1.29, 1.82) is 0 Å². The smallest absolute Gasteiger partial charge is 0.250 e. The highest BCUT2D eigenvalue weighted by molar-refractivity contribution is 9.11. The molecule has 1 saturated heterocycles. The summed E-state index contributed by atoms with van der Waals surface area (Å²) in [5, 5.41) is 3.10. The fraction of sp³-hybridized carbons (Fsp3) is 0.320. The molecule has 1 aromatic heterocycles. The number of carbonyl (C=O) groups is 1. The van der Waals surface area contributed by atoms with Crippen LogP contribution in [0.1, 0.15) is 24.0 Å². The second-order valence-corrected chi connectivity index (χ2v) is 12.9. The van der Waals surface area contributed by atoms with Gasteiger partial charge in [-0.3, -0.25) is 9.69 Å². The van der Waals surface area contributed by atoms with Gasteiger partial charge < -0.3 is 5.32 Å². The first kappa shape index (κ1) is 25.1. The molecule has 6 nitrogen and oxygen atoms in total. The Morgan fingerprint density at radius 3 is 2.18 bits per heavy atom. The molecule has 0 saturated carbocycles. The first-order valence-corrected chi connectivity index (χ1v) is 14.4. The number of piperidine rings is 1. The van der Waals surface area contributed by atoms with E-state index in [9.17, 15) is 13.2 Å². The van der Waals surface area contributed by atoms with Crippen molar-refractivity contribution in [3.8, 4) is 0 Å². The molecule has 1 aliphatic rings. The molecule has 2 N–H and O–H groups in total. The van der Waals surface area contributed by atoms with E-state index in [0.29, 0.717) is 0 Å². The number of nitrogens with one attached hydrogen (secondary N) is 2. The first-order chi connectivity index (χ1) is 16.4. The van der Waals surface area contributed by atoms with Gasteiger partial charge in [0.2, 0.25) is 5.91 Å². The summed E-state index contributed by atoms with van der Waals surface area (Å²) in [6.45, 7) is 2.67. The van der Waals surface area contributed by atoms with E-state index in [1.807, 2.05) is 48.5 Å². The van der Waals surface area contributed by atoms with Crippen molar-refractivity contribution in [2.24, 2.45) is 0 Å². The Bertz CT molecular complexity index is 1180. The second kappa shape index (κ2) is 11.6. The zero-order chi connectivity index (χ0) is 24.0. The Morgan fingerprint density at radius 2 is 1.59 bits per heavy atom. The van der Waals surface area contributed by atoms with Crippen molar-refractivity contribution < 1.29 is 13.2 Å². The van der Waals surface area contributed by atoms with Gasteiger partial charge in [0.05, 0.1) is 3.79 Å². The number of amides is 1. The SMILES string of the molecule is O=C(NC1CCN(Cc2ccccc2)CC1)[C@@H](Cc1ccccc1)NS(=O)(=O)c1ccc(Br)s1. The molecule has 180 valence electrons. The van der Waals surface area contributed by atoms with Crippen LogP contribution in [0.25, 0.3) is 0 Å². The van der Waals surface area contributed by atoms with Crippen molar-refractivity contribution in [1.82, 2.24) is 14.9 Å². The first-order valence-electron chi connectivity index (χ1n) is 11.3. The minimum absolute atomic E-state index is 0.0261. The average Bonchev–Trinajstić information content (AvgIpc) is 3.28. The highest BCUT2D eigenvalue weighted by atomic mass is 79.9. The zero-order valence-electron chi connectivity index (χ0n) is 18.7. The van der Waals surface area contributed by atoms with Crippen molar-refractivity contribution in [2.45, 2.75) is 42.1 Å². The molecule has 0 aliphatic carbocycles. The maximum atomic E-state index is 13.2. The molecular weight excluding hydrogens is 534 g/mol. The molecule has 2 aromatic carbocycles. The number of halogens is 1. The van der Waals surface area contributed by atoms with Crippen LogP contribution in [0, 0.1) is 0 Å². The third kappa shape index (κ3) is 6.99. The largest absolute Gasteiger partial charge is 0.352 e. The molecule has 2 heterocycles. The van der Waals surface area contributed by atoms with Crippen LogP contribution >= 0.6 is 27.3 Å². The van der Waals surface area contributed by atoms with E-state index in [0.717, 1.165) is 53.2 Å². The summed E-state index contributed by atoms with van der Waals surface area (Å²) in [5.41, 5.74) is 2.18. The third-order valence-corrected chi connectivity index (χ3v) is 9.48. The van der Waals surface area contributed by atoms with Crippen LogP contribution in [0.3, 0.4) is 0 Å². The van der Waals surface area contributed by atoms with E-state index in [-0.39, 0.29) is 22.6 Å². The van der Waals surface area contributed by atoms with Crippen LogP contribution in [0.15, 0.2) is 80.8 Å². The molecule has 1 aliphatic heterocycles. The number of hydrogen-bond donors (Lipinski definition) is 2. The van der Waals surface area contributed by atoms with E-state index < -0.39 is 16.1 Å². The Balaban J connectivity index is 1.39. The van der Waals surface area contributed by atoms with Crippen LogP contribution in [-0.2, 0) is 27.8 Å². The van der Waals surface area contributed by atoms with E-state index >= 15 is 0 Å². The Labute approximate surface area is 213 Å². The lowest BCUT2D eigenvalue weighted by Crippen LogP contribution is -2.52. The summed E-state index contributed by atoms with van der Waals surface area (Å²) in [4.78, 5) is 15.6. The summed E-state index contributed by atoms with van der Waals surface area (Å²) in [5.74, 6) is -0.287. The molecule has 0 unspecified atom stereocenters. The Kier molecular flexibility index (Phi) is 8.55. The van der Waals surface area contributed by atoms with Crippen LogP contribution in [0.5, 0.6) is 0 Å². The Morgan fingerprint density at radius 1 is 0.971 bits per heavy atom. The summed E-state index contributed by atoms with van der Waals surface area (Å²) in [7, 11) is -3.82. The molecule has 1 atom stereocenters. The fourth-order valence-electron chi connectivity index (χ4n) is 4.10. The van der Waals surface area contributed by atoms with Crippen molar-refractivity contribution in [3.05, 3.63) is 87.7 Å².